The van der Waals surface area contributed by atoms with E-state index in [1.165, 1.54) is 12.3 Å². The summed E-state index contributed by atoms with van der Waals surface area (Å²) in [5.74, 6) is 0. The van der Waals surface area contributed by atoms with Gasteiger partial charge in [0.2, 0.25) is 0 Å². The third kappa shape index (κ3) is 2.98. The number of aromatic nitrogens is 1. The number of nitriles is 1. The zero-order valence-electron chi connectivity index (χ0n) is 9.72. The third-order valence-electron chi connectivity index (χ3n) is 2.57. The van der Waals surface area contributed by atoms with Gasteiger partial charge in [0.25, 0.3) is 0 Å². The Kier molecular flexibility index (Phi) is 5.01. The minimum Gasteiger partial charge on any atom is -0.253 e. The van der Waals surface area contributed by atoms with E-state index in [9.17, 15) is 0 Å². The van der Waals surface area contributed by atoms with E-state index in [-0.39, 0.29) is 16.5 Å². The molecule has 0 unspecified atom stereocenters. The molecule has 0 aliphatic rings. The standard InChI is InChI=1S/C13H5Cl5N2/c14-6-3-8(11(17)9(15)4-6)13-12(18)7(1-2-19)10(16)5-20-13/h3-5H,1H2. The van der Waals surface area contributed by atoms with Gasteiger partial charge in [-0.15, -0.1) is 0 Å². The lowest BCUT2D eigenvalue weighted by molar-refractivity contribution is 1.21. The predicted molar refractivity (Wildman–Crippen MR) is 84.0 cm³/mol. The number of benzene rings is 1. The van der Waals surface area contributed by atoms with Crippen LogP contribution in [0.3, 0.4) is 0 Å². The molecule has 1 aromatic heterocycles. The molecule has 0 radical (unpaired) electrons. The molecule has 2 aromatic rings. The lowest BCUT2D eigenvalue weighted by Gasteiger charge is -2.11. The number of hydrogen-bond acceptors (Lipinski definition) is 2. The first kappa shape index (κ1) is 15.7. The van der Waals surface area contributed by atoms with Gasteiger partial charge in [0.05, 0.1) is 38.3 Å². The molecule has 2 nitrogen and oxygen atoms in total. The van der Waals surface area contributed by atoms with Gasteiger partial charge in [0, 0.05) is 22.3 Å². The average molecular weight is 366 g/mol. The van der Waals surface area contributed by atoms with Crippen LogP contribution in [-0.4, -0.2) is 4.98 Å². The third-order valence-corrected chi connectivity index (χ3v) is 4.33. The highest BCUT2D eigenvalue weighted by Gasteiger charge is 2.17. The Labute approximate surface area is 140 Å². The van der Waals surface area contributed by atoms with E-state index in [1.54, 1.807) is 6.07 Å². The van der Waals surface area contributed by atoms with E-state index >= 15 is 0 Å². The Hall–Kier alpha value is -0.690. The molecule has 0 aliphatic carbocycles. The molecule has 2 rings (SSSR count). The fourth-order valence-electron chi connectivity index (χ4n) is 1.66. The highest BCUT2D eigenvalue weighted by atomic mass is 35.5. The van der Waals surface area contributed by atoms with Crippen LogP contribution in [0.5, 0.6) is 0 Å². The predicted octanol–water partition coefficient (Wildman–Crippen LogP) is 6.08. The Balaban J connectivity index is 2.72. The fourth-order valence-corrected chi connectivity index (χ4v) is 2.93. The summed E-state index contributed by atoms with van der Waals surface area (Å²) in [5, 5.41) is 10.4. The van der Waals surface area contributed by atoms with E-state index in [2.05, 4.69) is 4.98 Å². The van der Waals surface area contributed by atoms with E-state index in [4.69, 9.17) is 63.3 Å². The maximum absolute atomic E-state index is 8.82. The molecule has 20 heavy (non-hydrogen) atoms. The summed E-state index contributed by atoms with van der Waals surface area (Å²) in [5.41, 5.74) is 1.37. The Morgan fingerprint density at radius 3 is 2.35 bits per heavy atom. The molecular formula is C13H5Cl5N2. The number of nitrogens with zero attached hydrogens (tertiary/aromatic N) is 2. The summed E-state index contributed by atoms with van der Waals surface area (Å²) < 4.78 is 0. The fraction of sp³-hybridized carbons (Fsp3) is 0.0769. The van der Waals surface area contributed by atoms with Crippen LogP contribution in [0.25, 0.3) is 11.3 Å². The number of halogens is 5. The van der Waals surface area contributed by atoms with Crippen molar-refractivity contribution in [1.29, 1.82) is 5.26 Å². The lowest BCUT2D eigenvalue weighted by atomic mass is 10.1. The van der Waals surface area contributed by atoms with Crippen molar-refractivity contribution in [2.75, 3.05) is 0 Å². The quantitative estimate of drug-likeness (QED) is 0.604. The lowest BCUT2D eigenvalue weighted by Crippen LogP contribution is -1.94. The monoisotopic (exact) mass is 364 g/mol. The maximum Gasteiger partial charge on any atom is 0.0908 e. The zero-order valence-corrected chi connectivity index (χ0v) is 13.5. The molecule has 0 saturated carbocycles. The second-order valence-electron chi connectivity index (χ2n) is 3.83. The maximum atomic E-state index is 8.82. The van der Waals surface area contributed by atoms with Crippen molar-refractivity contribution < 1.29 is 0 Å². The van der Waals surface area contributed by atoms with Gasteiger partial charge >= 0.3 is 0 Å². The van der Waals surface area contributed by atoms with Crippen molar-refractivity contribution in [2.24, 2.45) is 0 Å². The van der Waals surface area contributed by atoms with Crippen LogP contribution in [0.2, 0.25) is 25.1 Å². The van der Waals surface area contributed by atoms with Crippen LogP contribution in [-0.2, 0) is 6.42 Å². The SMILES string of the molecule is N#CCc1c(Cl)cnc(-c2cc(Cl)cc(Cl)c2Cl)c1Cl. The second-order valence-corrected chi connectivity index (χ2v) is 5.84. The van der Waals surface area contributed by atoms with Crippen molar-refractivity contribution in [3.63, 3.8) is 0 Å². The Morgan fingerprint density at radius 2 is 1.70 bits per heavy atom. The van der Waals surface area contributed by atoms with Crippen molar-refractivity contribution in [2.45, 2.75) is 6.42 Å². The summed E-state index contributed by atoms with van der Waals surface area (Å²) in [6.07, 6.45) is 1.49. The van der Waals surface area contributed by atoms with Gasteiger partial charge in [-0.25, -0.2) is 0 Å². The first-order valence-electron chi connectivity index (χ1n) is 5.30. The van der Waals surface area contributed by atoms with Crippen LogP contribution in [0.4, 0.5) is 0 Å². The second kappa shape index (κ2) is 6.39. The number of pyridine rings is 1. The van der Waals surface area contributed by atoms with Gasteiger partial charge in [0.1, 0.15) is 0 Å². The molecule has 0 amide bonds. The molecule has 0 aliphatic heterocycles. The molecule has 1 heterocycles. The number of rotatable bonds is 2. The molecule has 0 spiro atoms. The van der Waals surface area contributed by atoms with Crippen molar-refractivity contribution in [3.8, 4) is 17.3 Å². The summed E-state index contributed by atoms with van der Waals surface area (Å²) in [6.45, 7) is 0. The van der Waals surface area contributed by atoms with Crippen molar-refractivity contribution in [1.82, 2.24) is 4.98 Å². The molecule has 0 fully saturated rings. The number of hydrogen-bond donors (Lipinski definition) is 0. The van der Waals surface area contributed by atoms with Gasteiger partial charge in [-0.05, 0) is 12.1 Å². The zero-order chi connectivity index (χ0) is 14.9. The molecule has 7 heteroatoms. The van der Waals surface area contributed by atoms with E-state index in [1.807, 2.05) is 6.07 Å². The van der Waals surface area contributed by atoms with E-state index in [0.29, 0.717) is 31.9 Å². The molecule has 0 bridgehead atoms. The van der Waals surface area contributed by atoms with Gasteiger partial charge in [-0.3, -0.25) is 4.98 Å². The summed E-state index contributed by atoms with van der Waals surface area (Å²) in [7, 11) is 0. The van der Waals surface area contributed by atoms with Crippen molar-refractivity contribution in [3.05, 3.63) is 49.0 Å². The van der Waals surface area contributed by atoms with Crippen LogP contribution < -0.4 is 0 Å². The summed E-state index contributed by atoms with van der Waals surface area (Å²) >= 11 is 30.4. The molecule has 0 atom stereocenters. The highest BCUT2D eigenvalue weighted by molar-refractivity contribution is 6.45. The molecule has 1 aromatic carbocycles. The largest absolute Gasteiger partial charge is 0.253 e. The Bertz CT molecular complexity index is 722. The highest BCUT2D eigenvalue weighted by Crippen LogP contribution is 2.40. The smallest absolute Gasteiger partial charge is 0.0908 e. The van der Waals surface area contributed by atoms with Gasteiger partial charge in [-0.1, -0.05) is 58.0 Å². The molecular weight excluding hydrogens is 361 g/mol. The van der Waals surface area contributed by atoms with E-state index in [0.717, 1.165) is 0 Å². The van der Waals surface area contributed by atoms with Crippen molar-refractivity contribution >= 4 is 58.0 Å². The molecule has 102 valence electrons. The van der Waals surface area contributed by atoms with Crippen LogP contribution in [0, 0.1) is 11.3 Å². The first-order chi connectivity index (χ1) is 9.45. The summed E-state index contributed by atoms with van der Waals surface area (Å²) in [4.78, 5) is 4.16. The first-order valence-corrected chi connectivity index (χ1v) is 7.19. The topological polar surface area (TPSA) is 36.7 Å². The average Bonchev–Trinajstić information content (AvgIpc) is 2.39. The van der Waals surface area contributed by atoms with Crippen LogP contribution >= 0.6 is 58.0 Å². The molecule has 0 N–H and O–H groups in total. The van der Waals surface area contributed by atoms with Gasteiger partial charge in [0.15, 0.2) is 0 Å². The Morgan fingerprint density at radius 1 is 1.00 bits per heavy atom. The minimum atomic E-state index is 0.0686. The molecule has 0 saturated heterocycles. The summed E-state index contributed by atoms with van der Waals surface area (Å²) in [6, 6.07) is 5.13. The van der Waals surface area contributed by atoms with E-state index < -0.39 is 0 Å². The minimum absolute atomic E-state index is 0.0686. The normalized spacial score (nSPS) is 10.4. The van der Waals surface area contributed by atoms with Gasteiger partial charge in [-0.2, -0.15) is 5.26 Å². The van der Waals surface area contributed by atoms with Gasteiger partial charge < -0.3 is 0 Å². The van der Waals surface area contributed by atoms with Crippen LogP contribution in [0.15, 0.2) is 18.3 Å². The van der Waals surface area contributed by atoms with Crippen LogP contribution in [0.1, 0.15) is 5.56 Å².